The molecule has 120 valence electrons. The first-order valence-electron chi connectivity index (χ1n) is 7.92. The van der Waals surface area contributed by atoms with Crippen LogP contribution in [-0.2, 0) is 16.0 Å². The quantitative estimate of drug-likeness (QED) is 0.852. The molecular formula is C19H21NO3. The molecule has 4 nitrogen and oxygen atoms in total. The van der Waals surface area contributed by atoms with Crippen LogP contribution in [0.3, 0.4) is 0 Å². The zero-order chi connectivity index (χ0) is 15.9. The van der Waals surface area contributed by atoms with Crippen LogP contribution in [0.1, 0.15) is 5.56 Å². The smallest absolute Gasteiger partial charge is 0.260 e. The van der Waals surface area contributed by atoms with Crippen molar-refractivity contribution < 1.29 is 14.3 Å². The van der Waals surface area contributed by atoms with Crippen LogP contribution in [0.2, 0.25) is 0 Å². The van der Waals surface area contributed by atoms with Crippen LogP contribution in [0.25, 0.3) is 0 Å². The van der Waals surface area contributed by atoms with Gasteiger partial charge in [-0.2, -0.15) is 0 Å². The highest BCUT2D eigenvalue weighted by Crippen LogP contribution is 2.15. The predicted octanol–water partition coefficient (Wildman–Crippen LogP) is 2.54. The van der Waals surface area contributed by atoms with Crippen LogP contribution in [0.5, 0.6) is 5.75 Å². The van der Waals surface area contributed by atoms with Gasteiger partial charge in [-0.1, -0.05) is 48.5 Å². The number of hydrogen-bond acceptors (Lipinski definition) is 3. The molecule has 0 aromatic heterocycles. The van der Waals surface area contributed by atoms with E-state index in [1.165, 1.54) is 5.56 Å². The van der Waals surface area contributed by atoms with Crippen molar-refractivity contribution >= 4 is 5.91 Å². The van der Waals surface area contributed by atoms with Crippen LogP contribution in [0.15, 0.2) is 60.7 Å². The Hall–Kier alpha value is -2.33. The van der Waals surface area contributed by atoms with Crippen molar-refractivity contribution in [2.45, 2.75) is 12.5 Å². The van der Waals surface area contributed by atoms with E-state index in [9.17, 15) is 4.79 Å². The Kier molecular flexibility index (Phi) is 5.27. The molecule has 1 heterocycles. The second kappa shape index (κ2) is 7.79. The molecule has 1 saturated heterocycles. The molecule has 4 heteroatoms. The van der Waals surface area contributed by atoms with Crippen molar-refractivity contribution in [3.63, 3.8) is 0 Å². The molecular weight excluding hydrogens is 290 g/mol. The fourth-order valence-corrected chi connectivity index (χ4v) is 2.78. The van der Waals surface area contributed by atoms with E-state index in [0.717, 1.165) is 6.42 Å². The zero-order valence-corrected chi connectivity index (χ0v) is 13.1. The van der Waals surface area contributed by atoms with E-state index in [2.05, 4.69) is 12.1 Å². The van der Waals surface area contributed by atoms with Gasteiger partial charge >= 0.3 is 0 Å². The Morgan fingerprint density at radius 3 is 2.52 bits per heavy atom. The summed E-state index contributed by atoms with van der Waals surface area (Å²) in [6.07, 6.45) is 0.803. The Morgan fingerprint density at radius 2 is 1.78 bits per heavy atom. The van der Waals surface area contributed by atoms with E-state index in [0.29, 0.717) is 25.5 Å². The lowest BCUT2D eigenvalue weighted by atomic mass is 10.0. The van der Waals surface area contributed by atoms with Gasteiger partial charge in [0.25, 0.3) is 5.91 Å². The number of amides is 1. The Balaban J connectivity index is 1.60. The van der Waals surface area contributed by atoms with E-state index in [4.69, 9.17) is 9.47 Å². The molecule has 2 aromatic rings. The fourth-order valence-electron chi connectivity index (χ4n) is 2.78. The molecule has 1 amide bonds. The molecule has 1 aliphatic heterocycles. The molecule has 0 spiro atoms. The molecule has 0 bridgehead atoms. The molecule has 1 unspecified atom stereocenters. The lowest BCUT2D eigenvalue weighted by Crippen LogP contribution is -2.51. The van der Waals surface area contributed by atoms with Gasteiger partial charge in [-0.25, -0.2) is 0 Å². The van der Waals surface area contributed by atoms with Gasteiger partial charge in [0.15, 0.2) is 6.61 Å². The monoisotopic (exact) mass is 311 g/mol. The van der Waals surface area contributed by atoms with Gasteiger partial charge in [0.1, 0.15) is 5.75 Å². The van der Waals surface area contributed by atoms with Gasteiger partial charge in [0.05, 0.1) is 19.3 Å². The third-order valence-corrected chi connectivity index (χ3v) is 3.97. The molecule has 0 aliphatic carbocycles. The third kappa shape index (κ3) is 4.33. The van der Waals surface area contributed by atoms with Crippen molar-refractivity contribution in [1.29, 1.82) is 0 Å². The number of nitrogens with zero attached hydrogens (tertiary/aromatic N) is 1. The molecule has 1 aliphatic rings. The van der Waals surface area contributed by atoms with Crippen LogP contribution >= 0.6 is 0 Å². The Bertz CT molecular complexity index is 615. The van der Waals surface area contributed by atoms with Gasteiger partial charge in [0, 0.05) is 6.54 Å². The molecule has 1 fully saturated rings. The van der Waals surface area contributed by atoms with Crippen molar-refractivity contribution in [2.24, 2.45) is 0 Å². The number of rotatable bonds is 5. The van der Waals surface area contributed by atoms with Crippen molar-refractivity contribution in [3.8, 4) is 5.75 Å². The maximum atomic E-state index is 12.5. The summed E-state index contributed by atoms with van der Waals surface area (Å²) in [4.78, 5) is 14.4. The minimum atomic E-state index is 0.0121. The van der Waals surface area contributed by atoms with Gasteiger partial charge in [-0.05, 0) is 24.1 Å². The summed E-state index contributed by atoms with van der Waals surface area (Å²) in [5.74, 6) is 0.729. The van der Waals surface area contributed by atoms with E-state index in [1.54, 1.807) is 0 Å². The Labute approximate surface area is 136 Å². The number of morpholine rings is 1. The Morgan fingerprint density at radius 1 is 1.09 bits per heavy atom. The summed E-state index contributed by atoms with van der Waals surface area (Å²) < 4.78 is 11.2. The molecule has 23 heavy (non-hydrogen) atoms. The lowest BCUT2D eigenvalue weighted by Gasteiger charge is -2.35. The largest absolute Gasteiger partial charge is 0.484 e. The summed E-state index contributed by atoms with van der Waals surface area (Å²) in [5.41, 5.74) is 1.21. The van der Waals surface area contributed by atoms with Crippen molar-refractivity contribution in [2.75, 3.05) is 26.4 Å². The van der Waals surface area contributed by atoms with Crippen LogP contribution < -0.4 is 4.74 Å². The topological polar surface area (TPSA) is 38.8 Å². The number of carbonyl (C=O) groups is 1. The van der Waals surface area contributed by atoms with Crippen molar-refractivity contribution in [3.05, 3.63) is 66.2 Å². The first-order valence-corrected chi connectivity index (χ1v) is 7.92. The van der Waals surface area contributed by atoms with Gasteiger partial charge in [-0.15, -0.1) is 0 Å². The van der Waals surface area contributed by atoms with Crippen LogP contribution in [0.4, 0.5) is 0 Å². The summed E-state index contributed by atoms with van der Waals surface area (Å²) in [6.45, 7) is 1.85. The molecule has 0 radical (unpaired) electrons. The van der Waals surface area contributed by atoms with Gasteiger partial charge in [-0.3, -0.25) is 4.79 Å². The first-order chi connectivity index (χ1) is 11.3. The lowest BCUT2D eigenvalue weighted by molar-refractivity contribution is -0.142. The summed E-state index contributed by atoms with van der Waals surface area (Å²) >= 11 is 0. The average Bonchev–Trinajstić information content (AvgIpc) is 2.62. The number of hydrogen-bond donors (Lipinski definition) is 0. The van der Waals surface area contributed by atoms with E-state index in [-0.39, 0.29) is 18.6 Å². The standard InChI is InChI=1S/C19H21NO3/c21-19(15-23-18-9-5-2-6-10-18)20-11-12-22-14-17(20)13-16-7-3-1-4-8-16/h1-10,17H,11-15H2. The maximum absolute atomic E-state index is 12.5. The SMILES string of the molecule is O=C(COc1ccccc1)N1CCOCC1Cc1ccccc1. The van der Waals surface area contributed by atoms with E-state index < -0.39 is 0 Å². The van der Waals surface area contributed by atoms with Crippen LogP contribution in [-0.4, -0.2) is 43.2 Å². The highest BCUT2D eigenvalue weighted by Gasteiger charge is 2.27. The van der Waals surface area contributed by atoms with E-state index >= 15 is 0 Å². The number of para-hydroxylation sites is 1. The summed E-state index contributed by atoms with van der Waals surface area (Å²) in [7, 11) is 0. The molecule has 0 N–H and O–H groups in total. The zero-order valence-electron chi connectivity index (χ0n) is 13.1. The maximum Gasteiger partial charge on any atom is 0.260 e. The fraction of sp³-hybridized carbons (Fsp3) is 0.316. The van der Waals surface area contributed by atoms with Crippen molar-refractivity contribution in [1.82, 2.24) is 4.90 Å². The molecule has 3 rings (SSSR count). The number of ether oxygens (including phenoxy) is 2. The van der Waals surface area contributed by atoms with Gasteiger partial charge in [0.2, 0.25) is 0 Å². The second-order valence-electron chi connectivity index (χ2n) is 5.61. The number of benzene rings is 2. The minimum Gasteiger partial charge on any atom is -0.484 e. The van der Waals surface area contributed by atoms with Gasteiger partial charge < -0.3 is 14.4 Å². The molecule has 0 saturated carbocycles. The third-order valence-electron chi connectivity index (χ3n) is 3.97. The second-order valence-corrected chi connectivity index (χ2v) is 5.61. The van der Waals surface area contributed by atoms with Crippen LogP contribution in [0, 0.1) is 0 Å². The predicted molar refractivity (Wildman–Crippen MR) is 88.4 cm³/mol. The highest BCUT2D eigenvalue weighted by atomic mass is 16.5. The average molecular weight is 311 g/mol. The highest BCUT2D eigenvalue weighted by molar-refractivity contribution is 5.78. The minimum absolute atomic E-state index is 0.0121. The molecule has 2 aromatic carbocycles. The number of carbonyl (C=O) groups excluding carboxylic acids is 1. The molecule has 1 atom stereocenters. The summed E-state index contributed by atoms with van der Waals surface area (Å²) in [5, 5.41) is 0. The first kappa shape index (κ1) is 15.6. The normalized spacial score (nSPS) is 17.7. The van der Waals surface area contributed by atoms with E-state index in [1.807, 2.05) is 53.4 Å². The summed E-state index contributed by atoms with van der Waals surface area (Å²) in [6, 6.07) is 19.7.